The summed E-state index contributed by atoms with van der Waals surface area (Å²) in [5, 5.41) is 15.8. The molecule has 2 N–H and O–H groups in total. The molecule has 0 saturated heterocycles. The van der Waals surface area contributed by atoms with Gasteiger partial charge in [-0.15, -0.1) is 0 Å². The first-order chi connectivity index (χ1) is 11.5. The first-order valence-corrected chi connectivity index (χ1v) is 7.22. The molecule has 8 nitrogen and oxygen atoms in total. The van der Waals surface area contributed by atoms with E-state index in [-0.39, 0.29) is 12.8 Å². The Balaban J connectivity index is 2.03. The summed E-state index contributed by atoms with van der Waals surface area (Å²) in [4.78, 5) is 34.5. The largest absolute Gasteiger partial charge is 0.481 e. The highest BCUT2D eigenvalue weighted by Crippen LogP contribution is 2.15. The van der Waals surface area contributed by atoms with Gasteiger partial charge in [0.2, 0.25) is 5.91 Å². The number of hydrogen-bond donors (Lipinski definition) is 2. The molecule has 1 heterocycles. The van der Waals surface area contributed by atoms with Crippen LogP contribution in [0, 0.1) is 5.92 Å². The van der Waals surface area contributed by atoms with E-state index in [1.165, 1.54) is 13.3 Å². The number of aliphatic carboxylic acids is 1. The number of hydrogen-bond acceptors (Lipinski definition) is 5. The van der Waals surface area contributed by atoms with Crippen molar-refractivity contribution in [3.63, 3.8) is 0 Å². The van der Waals surface area contributed by atoms with Gasteiger partial charge in [-0.1, -0.05) is 18.2 Å². The Morgan fingerprint density at radius 3 is 2.62 bits per heavy atom. The van der Waals surface area contributed by atoms with Gasteiger partial charge in [0.25, 0.3) is 0 Å². The van der Waals surface area contributed by atoms with E-state index in [2.05, 4.69) is 15.2 Å². The van der Waals surface area contributed by atoms with Crippen molar-refractivity contribution in [2.24, 2.45) is 5.92 Å². The number of anilines is 1. The molecule has 0 aliphatic carbocycles. The third kappa shape index (κ3) is 4.42. The quantitative estimate of drug-likeness (QED) is 0.587. The molecule has 126 valence electrons. The molecular weight excluding hydrogens is 314 g/mol. The van der Waals surface area contributed by atoms with Gasteiger partial charge < -0.3 is 15.2 Å². The second-order valence-electron chi connectivity index (χ2n) is 5.00. The van der Waals surface area contributed by atoms with Gasteiger partial charge >= 0.3 is 11.9 Å². The number of nitrogens with zero attached hydrogens (tertiary/aromatic N) is 2. The molecule has 24 heavy (non-hydrogen) atoms. The molecule has 0 spiro atoms. The monoisotopic (exact) mass is 331 g/mol. The van der Waals surface area contributed by atoms with Crippen LogP contribution >= 0.6 is 0 Å². The number of aromatic nitrogens is 2. The molecule has 0 unspecified atom stereocenters. The van der Waals surface area contributed by atoms with Gasteiger partial charge in [0.1, 0.15) is 5.92 Å². The predicted molar refractivity (Wildman–Crippen MR) is 84.6 cm³/mol. The zero-order valence-corrected chi connectivity index (χ0v) is 13.0. The topological polar surface area (TPSA) is 111 Å². The lowest BCUT2D eigenvalue weighted by atomic mass is 10.0. The third-order valence-electron chi connectivity index (χ3n) is 3.35. The highest BCUT2D eigenvalue weighted by molar-refractivity contribution is 6.04. The molecule has 0 saturated carbocycles. The number of amides is 1. The molecule has 1 aromatic heterocycles. The summed E-state index contributed by atoms with van der Waals surface area (Å²) >= 11 is 0. The number of ether oxygens (including phenoxy) is 1. The van der Waals surface area contributed by atoms with E-state index in [1.54, 1.807) is 10.9 Å². The maximum atomic E-state index is 12.1. The highest BCUT2D eigenvalue weighted by Gasteiger charge is 2.27. The van der Waals surface area contributed by atoms with E-state index < -0.39 is 23.8 Å². The Bertz CT molecular complexity index is 726. The molecule has 1 aromatic carbocycles. The van der Waals surface area contributed by atoms with E-state index >= 15 is 0 Å². The van der Waals surface area contributed by atoms with Crippen LogP contribution in [0.4, 0.5) is 5.69 Å². The van der Waals surface area contributed by atoms with Gasteiger partial charge in [-0.2, -0.15) is 5.10 Å². The summed E-state index contributed by atoms with van der Waals surface area (Å²) in [6.45, 7) is 0. The van der Waals surface area contributed by atoms with Crippen molar-refractivity contribution in [2.75, 3.05) is 12.4 Å². The summed E-state index contributed by atoms with van der Waals surface area (Å²) in [5.74, 6) is -3.92. The normalized spacial score (nSPS) is 11.5. The average molecular weight is 331 g/mol. The Morgan fingerprint density at radius 1 is 1.29 bits per heavy atom. The number of carbonyl (C=O) groups is 3. The van der Waals surface area contributed by atoms with Crippen LogP contribution in [0.25, 0.3) is 5.69 Å². The number of rotatable bonds is 7. The maximum absolute atomic E-state index is 12.1. The highest BCUT2D eigenvalue weighted by atomic mass is 16.5. The van der Waals surface area contributed by atoms with Gasteiger partial charge in [-0.25, -0.2) is 4.68 Å². The fraction of sp³-hybridized carbons (Fsp3) is 0.250. The number of benzene rings is 1. The molecule has 0 fully saturated rings. The number of carboxylic acids is 1. The summed E-state index contributed by atoms with van der Waals surface area (Å²) < 4.78 is 6.01. The molecule has 2 rings (SSSR count). The first kappa shape index (κ1) is 17.2. The van der Waals surface area contributed by atoms with Gasteiger partial charge in [0.05, 0.1) is 30.9 Å². The Morgan fingerprint density at radius 2 is 2.00 bits per heavy atom. The lowest BCUT2D eigenvalue weighted by molar-refractivity contribution is -0.146. The van der Waals surface area contributed by atoms with Gasteiger partial charge in [-0.3, -0.25) is 14.4 Å². The minimum Gasteiger partial charge on any atom is -0.481 e. The number of carbonyl (C=O) groups excluding carboxylic acids is 2. The number of carboxylic acid groups (broad SMARTS) is 1. The Hall–Kier alpha value is -3.16. The molecule has 0 aliphatic rings. The minimum absolute atomic E-state index is 0.138. The van der Waals surface area contributed by atoms with Crippen LogP contribution in [0.2, 0.25) is 0 Å². The van der Waals surface area contributed by atoms with E-state index in [9.17, 15) is 14.4 Å². The first-order valence-electron chi connectivity index (χ1n) is 7.22. The van der Waals surface area contributed by atoms with Crippen molar-refractivity contribution in [1.82, 2.24) is 9.78 Å². The Labute approximate surface area is 138 Å². The van der Waals surface area contributed by atoms with Crippen LogP contribution in [-0.2, 0) is 19.1 Å². The maximum Gasteiger partial charge on any atom is 0.316 e. The number of nitrogens with one attached hydrogen (secondary N) is 1. The lowest BCUT2D eigenvalue weighted by Gasteiger charge is -2.11. The van der Waals surface area contributed by atoms with E-state index in [0.29, 0.717) is 5.69 Å². The molecule has 0 bridgehead atoms. The van der Waals surface area contributed by atoms with Crippen molar-refractivity contribution in [1.29, 1.82) is 0 Å². The molecule has 0 aliphatic heterocycles. The van der Waals surface area contributed by atoms with Crippen LogP contribution in [0.5, 0.6) is 0 Å². The summed E-state index contributed by atoms with van der Waals surface area (Å²) in [7, 11) is 1.20. The molecule has 0 radical (unpaired) electrons. The SMILES string of the molecule is COC(=O)CC[C@H](C(=O)O)C(=O)Nc1cnn(-c2ccccc2)c1. The predicted octanol–water partition coefficient (Wildman–Crippen LogP) is 1.46. The summed E-state index contributed by atoms with van der Waals surface area (Å²) in [6.07, 6.45) is 2.71. The smallest absolute Gasteiger partial charge is 0.316 e. The van der Waals surface area contributed by atoms with Crippen molar-refractivity contribution in [2.45, 2.75) is 12.8 Å². The zero-order chi connectivity index (χ0) is 17.5. The van der Waals surface area contributed by atoms with Gasteiger partial charge in [-0.05, 0) is 18.6 Å². The van der Waals surface area contributed by atoms with Crippen LogP contribution in [0.3, 0.4) is 0 Å². The molecule has 8 heteroatoms. The van der Waals surface area contributed by atoms with Crippen molar-refractivity contribution >= 4 is 23.5 Å². The summed E-state index contributed by atoms with van der Waals surface area (Å²) in [6, 6.07) is 9.25. The molecule has 1 amide bonds. The molecule has 1 atom stereocenters. The second kappa shape index (κ2) is 7.91. The van der Waals surface area contributed by atoms with E-state index in [4.69, 9.17) is 5.11 Å². The van der Waals surface area contributed by atoms with E-state index in [1.807, 2.05) is 30.3 Å². The fourth-order valence-electron chi connectivity index (χ4n) is 2.07. The van der Waals surface area contributed by atoms with Gasteiger partial charge in [0, 0.05) is 6.42 Å². The number of methoxy groups -OCH3 is 1. The number of para-hydroxylation sites is 1. The minimum atomic E-state index is -1.34. The lowest BCUT2D eigenvalue weighted by Crippen LogP contribution is -2.30. The molecule has 2 aromatic rings. The van der Waals surface area contributed by atoms with Crippen molar-refractivity contribution in [3.8, 4) is 5.69 Å². The standard InChI is InChI=1S/C16H17N3O5/c1-24-14(20)8-7-13(16(22)23)15(21)18-11-9-17-19(10-11)12-5-3-2-4-6-12/h2-6,9-10,13H,7-8H2,1H3,(H,18,21)(H,22,23)/t13-/m0/s1. The molecular formula is C16H17N3O5. The fourth-order valence-corrected chi connectivity index (χ4v) is 2.07. The summed E-state index contributed by atoms with van der Waals surface area (Å²) in [5.41, 5.74) is 1.17. The van der Waals surface area contributed by atoms with E-state index in [0.717, 1.165) is 5.69 Å². The van der Waals surface area contributed by atoms with Crippen molar-refractivity contribution in [3.05, 3.63) is 42.7 Å². The van der Waals surface area contributed by atoms with Crippen molar-refractivity contribution < 1.29 is 24.2 Å². The van der Waals surface area contributed by atoms with Crippen LogP contribution < -0.4 is 5.32 Å². The van der Waals surface area contributed by atoms with Crippen LogP contribution in [0.15, 0.2) is 42.7 Å². The van der Waals surface area contributed by atoms with Crippen LogP contribution in [-0.4, -0.2) is 39.8 Å². The average Bonchev–Trinajstić information content (AvgIpc) is 3.03. The zero-order valence-electron chi connectivity index (χ0n) is 13.0. The second-order valence-corrected chi connectivity index (χ2v) is 5.00. The van der Waals surface area contributed by atoms with Crippen LogP contribution in [0.1, 0.15) is 12.8 Å². The third-order valence-corrected chi connectivity index (χ3v) is 3.35. The number of esters is 1. The van der Waals surface area contributed by atoms with Gasteiger partial charge in [0.15, 0.2) is 0 Å². The Kier molecular flexibility index (Phi) is 5.67.